The topological polar surface area (TPSA) is 26.3 Å². The standard InChI is InChI=1S/C14H28O2SSi/c1-13(2,3)18(7,8)16-12(15)9-10-14(4,5)11-17-6/h9-10H,11H2,1-8H3/b10-9+. The summed E-state index contributed by atoms with van der Waals surface area (Å²) in [7, 11) is -1.99. The van der Waals surface area contributed by atoms with E-state index in [9.17, 15) is 4.79 Å². The van der Waals surface area contributed by atoms with Gasteiger partial charge in [0.25, 0.3) is 8.32 Å². The first-order valence-electron chi connectivity index (χ1n) is 6.32. The van der Waals surface area contributed by atoms with Gasteiger partial charge in [0, 0.05) is 11.8 Å². The van der Waals surface area contributed by atoms with Gasteiger partial charge in [-0.1, -0.05) is 40.7 Å². The maximum atomic E-state index is 11.9. The summed E-state index contributed by atoms with van der Waals surface area (Å²) < 4.78 is 5.68. The number of thioether (sulfide) groups is 1. The highest BCUT2D eigenvalue weighted by atomic mass is 32.2. The average molecular weight is 289 g/mol. The highest BCUT2D eigenvalue weighted by molar-refractivity contribution is 7.98. The molecule has 0 aliphatic carbocycles. The third kappa shape index (κ3) is 6.09. The van der Waals surface area contributed by atoms with E-state index in [1.807, 2.05) is 6.08 Å². The molecule has 0 radical (unpaired) electrons. The van der Waals surface area contributed by atoms with Gasteiger partial charge >= 0.3 is 5.97 Å². The zero-order valence-corrected chi connectivity index (χ0v) is 14.9. The number of hydrogen-bond donors (Lipinski definition) is 0. The monoisotopic (exact) mass is 288 g/mol. The Morgan fingerprint density at radius 3 is 2.11 bits per heavy atom. The summed E-state index contributed by atoms with van der Waals surface area (Å²) in [6, 6.07) is 0. The van der Waals surface area contributed by atoms with Crippen LogP contribution in [0.25, 0.3) is 0 Å². The van der Waals surface area contributed by atoms with Gasteiger partial charge in [0.1, 0.15) is 0 Å². The first-order chi connectivity index (χ1) is 7.91. The van der Waals surface area contributed by atoms with Crippen LogP contribution in [-0.4, -0.2) is 26.3 Å². The van der Waals surface area contributed by atoms with Crippen LogP contribution in [0.1, 0.15) is 34.6 Å². The number of rotatable bonds is 5. The van der Waals surface area contributed by atoms with Gasteiger partial charge in [-0.2, -0.15) is 11.8 Å². The Labute approximate surface area is 118 Å². The van der Waals surface area contributed by atoms with Gasteiger partial charge in [0.15, 0.2) is 0 Å². The van der Waals surface area contributed by atoms with Gasteiger partial charge in [-0.3, -0.25) is 0 Å². The maximum Gasteiger partial charge on any atom is 0.317 e. The first-order valence-corrected chi connectivity index (χ1v) is 10.6. The van der Waals surface area contributed by atoms with E-state index in [4.69, 9.17) is 4.43 Å². The molecule has 0 unspecified atom stereocenters. The molecule has 0 aliphatic heterocycles. The molecule has 0 spiro atoms. The molecule has 0 N–H and O–H groups in total. The summed E-state index contributed by atoms with van der Waals surface area (Å²) in [5.41, 5.74) is 0.0336. The molecular weight excluding hydrogens is 260 g/mol. The van der Waals surface area contributed by atoms with Crippen molar-refractivity contribution in [2.75, 3.05) is 12.0 Å². The second-order valence-electron chi connectivity index (χ2n) is 6.94. The molecule has 0 saturated heterocycles. The Morgan fingerprint density at radius 2 is 1.72 bits per heavy atom. The predicted molar refractivity (Wildman–Crippen MR) is 84.6 cm³/mol. The Hall–Kier alpha value is -0.223. The zero-order chi connectivity index (χ0) is 14.6. The molecule has 0 rings (SSSR count). The average Bonchev–Trinajstić information content (AvgIpc) is 2.12. The van der Waals surface area contributed by atoms with E-state index in [-0.39, 0.29) is 16.4 Å². The molecule has 0 amide bonds. The predicted octanol–water partition coefficient (Wildman–Crippen LogP) is 4.48. The maximum absolute atomic E-state index is 11.9. The second kappa shape index (κ2) is 6.28. The molecule has 0 aromatic rings. The van der Waals surface area contributed by atoms with Gasteiger partial charge in [0.05, 0.1) is 0 Å². The molecule has 0 aliphatic rings. The van der Waals surface area contributed by atoms with E-state index in [0.29, 0.717) is 0 Å². The van der Waals surface area contributed by atoms with Crippen LogP contribution >= 0.6 is 11.8 Å². The summed E-state index contributed by atoms with van der Waals surface area (Å²) in [6.07, 6.45) is 5.62. The van der Waals surface area contributed by atoms with Crippen LogP contribution in [0, 0.1) is 5.41 Å². The van der Waals surface area contributed by atoms with Crippen molar-refractivity contribution in [1.29, 1.82) is 0 Å². The van der Waals surface area contributed by atoms with Crippen LogP contribution in [0.4, 0.5) is 0 Å². The first kappa shape index (κ1) is 17.8. The molecule has 4 heteroatoms. The molecule has 0 aromatic heterocycles. The van der Waals surface area contributed by atoms with Gasteiger partial charge in [0.2, 0.25) is 0 Å². The Bertz CT molecular complexity index is 314. The van der Waals surface area contributed by atoms with Gasteiger partial charge in [-0.05, 0) is 29.8 Å². The Balaban J connectivity index is 4.59. The van der Waals surface area contributed by atoms with Crippen LogP contribution < -0.4 is 0 Å². The van der Waals surface area contributed by atoms with Crippen molar-refractivity contribution >= 4 is 26.0 Å². The Morgan fingerprint density at radius 1 is 1.22 bits per heavy atom. The van der Waals surface area contributed by atoms with Crippen LogP contribution in [0.2, 0.25) is 18.1 Å². The minimum atomic E-state index is -1.99. The van der Waals surface area contributed by atoms with E-state index < -0.39 is 8.32 Å². The summed E-state index contributed by atoms with van der Waals surface area (Å²) in [6.45, 7) is 14.8. The summed E-state index contributed by atoms with van der Waals surface area (Å²) >= 11 is 1.78. The highest BCUT2D eigenvalue weighted by Crippen LogP contribution is 2.36. The molecular formula is C14H28O2SSi. The Kier molecular flexibility index (Phi) is 6.21. The molecule has 0 fully saturated rings. The molecule has 0 atom stereocenters. The van der Waals surface area contributed by atoms with E-state index in [0.717, 1.165) is 5.75 Å². The molecule has 0 heterocycles. The lowest BCUT2D eigenvalue weighted by atomic mass is 9.96. The molecule has 2 nitrogen and oxygen atoms in total. The van der Waals surface area contributed by atoms with Gasteiger partial charge in [-0.15, -0.1) is 0 Å². The lowest BCUT2D eigenvalue weighted by Crippen LogP contribution is -2.42. The van der Waals surface area contributed by atoms with Crippen LogP contribution in [0.15, 0.2) is 12.2 Å². The number of hydrogen-bond acceptors (Lipinski definition) is 3. The molecule has 0 aromatic carbocycles. The minimum Gasteiger partial charge on any atom is -0.516 e. The number of carbonyl (C=O) groups excluding carboxylic acids is 1. The molecule has 0 saturated carbocycles. The minimum absolute atomic E-state index is 0.0336. The van der Waals surface area contributed by atoms with Gasteiger partial charge < -0.3 is 4.43 Å². The van der Waals surface area contributed by atoms with Crippen LogP contribution in [-0.2, 0) is 9.22 Å². The van der Waals surface area contributed by atoms with E-state index in [2.05, 4.69) is 54.0 Å². The largest absolute Gasteiger partial charge is 0.516 e. The fourth-order valence-corrected chi connectivity index (χ4v) is 2.87. The van der Waals surface area contributed by atoms with Crippen LogP contribution in [0.5, 0.6) is 0 Å². The fourth-order valence-electron chi connectivity index (χ4n) is 1.15. The normalized spacial score (nSPS) is 14.0. The second-order valence-corrected chi connectivity index (χ2v) is 12.5. The molecule has 106 valence electrons. The van der Waals surface area contributed by atoms with Crippen molar-refractivity contribution in [3.63, 3.8) is 0 Å². The SMILES string of the molecule is CSCC(C)(C)/C=C/C(=O)O[Si](C)(C)C(C)(C)C. The highest BCUT2D eigenvalue weighted by Gasteiger charge is 2.40. The zero-order valence-electron chi connectivity index (χ0n) is 13.1. The summed E-state index contributed by atoms with van der Waals surface area (Å²) in [5.74, 6) is 0.799. The lowest BCUT2D eigenvalue weighted by Gasteiger charge is -2.35. The van der Waals surface area contributed by atoms with Crippen LogP contribution in [0.3, 0.4) is 0 Å². The van der Waals surface area contributed by atoms with E-state index in [1.165, 1.54) is 0 Å². The third-order valence-corrected chi connectivity index (χ3v) is 8.71. The smallest absolute Gasteiger partial charge is 0.317 e. The van der Waals surface area contributed by atoms with Crippen molar-refractivity contribution in [2.24, 2.45) is 5.41 Å². The van der Waals surface area contributed by atoms with E-state index in [1.54, 1.807) is 17.8 Å². The van der Waals surface area contributed by atoms with Crippen molar-refractivity contribution < 1.29 is 9.22 Å². The number of allylic oxidation sites excluding steroid dienone is 1. The molecule has 0 bridgehead atoms. The number of carbonyl (C=O) groups is 1. The third-order valence-electron chi connectivity index (χ3n) is 3.35. The lowest BCUT2D eigenvalue weighted by molar-refractivity contribution is -0.130. The summed E-state index contributed by atoms with van der Waals surface area (Å²) in [4.78, 5) is 11.9. The summed E-state index contributed by atoms with van der Waals surface area (Å²) in [5, 5.41) is 0.0608. The van der Waals surface area contributed by atoms with E-state index >= 15 is 0 Å². The van der Waals surface area contributed by atoms with Crippen molar-refractivity contribution in [3.8, 4) is 0 Å². The fraction of sp³-hybridized carbons (Fsp3) is 0.786. The van der Waals surface area contributed by atoms with Crippen molar-refractivity contribution in [2.45, 2.75) is 52.8 Å². The molecule has 18 heavy (non-hydrogen) atoms. The van der Waals surface area contributed by atoms with Gasteiger partial charge in [-0.25, -0.2) is 4.79 Å². The quantitative estimate of drug-likeness (QED) is 0.551. The van der Waals surface area contributed by atoms with Crippen molar-refractivity contribution in [1.82, 2.24) is 0 Å². The van der Waals surface area contributed by atoms with Crippen molar-refractivity contribution in [3.05, 3.63) is 12.2 Å².